The van der Waals surface area contributed by atoms with Crippen molar-refractivity contribution in [2.75, 3.05) is 0 Å². The molecule has 26 heavy (non-hydrogen) atoms. The highest BCUT2D eigenvalue weighted by atomic mass is 32.2. The Morgan fingerprint density at radius 1 is 0.846 bits per heavy atom. The molecule has 0 atom stereocenters. The van der Waals surface area contributed by atoms with Crippen LogP contribution in [-0.2, 0) is 22.9 Å². The summed E-state index contributed by atoms with van der Waals surface area (Å²) in [6, 6.07) is 19.6. The van der Waals surface area contributed by atoms with E-state index in [2.05, 4.69) is 9.97 Å². The van der Waals surface area contributed by atoms with Crippen LogP contribution in [0.1, 0.15) is 11.4 Å². The van der Waals surface area contributed by atoms with Gasteiger partial charge in [-0.2, -0.15) is 0 Å². The molecule has 0 fully saturated rings. The molecule has 0 N–H and O–H groups in total. The van der Waals surface area contributed by atoms with E-state index in [-0.39, 0.29) is 4.90 Å². The first-order chi connectivity index (χ1) is 12.7. The molecule has 0 unspecified atom stereocenters. The maximum absolute atomic E-state index is 13.3. The lowest BCUT2D eigenvalue weighted by atomic mass is 10.1. The van der Waals surface area contributed by atoms with Crippen LogP contribution in [0, 0.1) is 0 Å². The number of benzene rings is 2. The molecule has 2 aromatic carbocycles. The largest absolute Gasteiger partial charge is 0.269 e. The summed E-state index contributed by atoms with van der Waals surface area (Å²) >= 11 is 0. The normalized spacial score (nSPS) is 11.7. The van der Waals surface area contributed by atoms with Gasteiger partial charge in [0, 0.05) is 18.8 Å². The summed E-state index contributed by atoms with van der Waals surface area (Å²) in [5.41, 5.74) is 2.31. The maximum Gasteiger partial charge on any atom is 0.269 e. The maximum atomic E-state index is 13.3. The van der Waals surface area contributed by atoms with Crippen LogP contribution in [0.4, 0.5) is 0 Å². The standard InChI is InChI=1S/C20H17N3O2S/c24-26(25,17-8-2-1-3-9-17)23-19-11-5-4-10-18(19)22-20(23)13-12-16-7-6-14-21-15-16/h1-11,14-15H,12-13H2. The van der Waals surface area contributed by atoms with Gasteiger partial charge < -0.3 is 0 Å². The molecule has 0 amide bonds. The fourth-order valence-electron chi connectivity index (χ4n) is 2.98. The number of aryl methyl sites for hydroxylation is 2. The van der Waals surface area contributed by atoms with E-state index < -0.39 is 10.0 Å². The summed E-state index contributed by atoms with van der Waals surface area (Å²) in [5, 5.41) is 0. The minimum Gasteiger partial charge on any atom is -0.264 e. The Kier molecular flexibility index (Phi) is 4.26. The van der Waals surface area contributed by atoms with Crippen molar-refractivity contribution in [2.45, 2.75) is 17.7 Å². The molecular formula is C20H17N3O2S. The van der Waals surface area contributed by atoms with Crippen LogP contribution in [0.5, 0.6) is 0 Å². The van der Waals surface area contributed by atoms with Crippen molar-refractivity contribution in [3.05, 3.63) is 90.5 Å². The number of hydrogen-bond donors (Lipinski definition) is 0. The summed E-state index contributed by atoms with van der Waals surface area (Å²) in [7, 11) is -3.72. The molecule has 0 saturated carbocycles. The van der Waals surface area contributed by atoms with Crippen molar-refractivity contribution >= 4 is 21.1 Å². The molecule has 0 aliphatic heterocycles. The Labute approximate surface area is 152 Å². The number of pyridine rings is 1. The van der Waals surface area contributed by atoms with Gasteiger partial charge in [-0.05, 0) is 42.3 Å². The van der Waals surface area contributed by atoms with E-state index in [0.717, 1.165) is 5.56 Å². The van der Waals surface area contributed by atoms with E-state index in [1.165, 1.54) is 3.97 Å². The van der Waals surface area contributed by atoms with Gasteiger partial charge in [0.05, 0.1) is 15.9 Å². The fraction of sp³-hybridized carbons (Fsp3) is 0.100. The van der Waals surface area contributed by atoms with Crippen molar-refractivity contribution in [2.24, 2.45) is 0 Å². The molecule has 6 heteroatoms. The molecule has 4 aromatic rings. The zero-order valence-corrected chi connectivity index (χ0v) is 14.8. The number of para-hydroxylation sites is 2. The summed E-state index contributed by atoms with van der Waals surface area (Å²) < 4.78 is 27.9. The lowest BCUT2D eigenvalue weighted by Crippen LogP contribution is -2.16. The Morgan fingerprint density at radius 3 is 2.38 bits per heavy atom. The van der Waals surface area contributed by atoms with Gasteiger partial charge in [-0.1, -0.05) is 36.4 Å². The van der Waals surface area contributed by atoms with Crippen LogP contribution >= 0.6 is 0 Å². The Balaban J connectivity index is 1.82. The van der Waals surface area contributed by atoms with Gasteiger partial charge >= 0.3 is 0 Å². The van der Waals surface area contributed by atoms with Gasteiger partial charge in [-0.15, -0.1) is 0 Å². The first kappa shape index (κ1) is 16.5. The smallest absolute Gasteiger partial charge is 0.264 e. The molecule has 0 radical (unpaired) electrons. The summed E-state index contributed by atoms with van der Waals surface area (Å²) in [6.07, 6.45) is 4.69. The third kappa shape index (κ3) is 2.99. The molecule has 5 nitrogen and oxygen atoms in total. The van der Waals surface area contributed by atoms with E-state index in [4.69, 9.17) is 0 Å². The highest BCUT2D eigenvalue weighted by Gasteiger charge is 2.23. The molecule has 2 heterocycles. The second kappa shape index (κ2) is 6.72. The number of nitrogens with zero attached hydrogens (tertiary/aromatic N) is 3. The molecule has 0 aliphatic rings. The molecule has 130 valence electrons. The zero-order chi connectivity index (χ0) is 18.0. The van der Waals surface area contributed by atoms with Crippen molar-refractivity contribution < 1.29 is 8.42 Å². The van der Waals surface area contributed by atoms with Crippen LogP contribution in [0.3, 0.4) is 0 Å². The van der Waals surface area contributed by atoms with Crippen LogP contribution in [0.25, 0.3) is 11.0 Å². The van der Waals surface area contributed by atoms with Crippen molar-refractivity contribution in [1.29, 1.82) is 0 Å². The fourth-order valence-corrected chi connectivity index (χ4v) is 4.51. The minimum atomic E-state index is -3.72. The summed E-state index contributed by atoms with van der Waals surface area (Å²) in [6.45, 7) is 0. The van der Waals surface area contributed by atoms with Crippen LogP contribution < -0.4 is 0 Å². The number of hydrogen-bond acceptors (Lipinski definition) is 4. The predicted octanol–water partition coefficient (Wildman–Crippen LogP) is 3.45. The predicted molar refractivity (Wildman–Crippen MR) is 100 cm³/mol. The SMILES string of the molecule is O=S(=O)(c1ccccc1)n1c(CCc2cccnc2)nc2ccccc21. The van der Waals surface area contributed by atoms with Crippen molar-refractivity contribution in [3.8, 4) is 0 Å². The molecule has 2 aromatic heterocycles. The van der Waals surface area contributed by atoms with Crippen LogP contribution in [-0.4, -0.2) is 22.4 Å². The average Bonchev–Trinajstić information content (AvgIpc) is 3.07. The Morgan fingerprint density at radius 2 is 1.62 bits per heavy atom. The van der Waals surface area contributed by atoms with Gasteiger partial charge in [0.1, 0.15) is 5.82 Å². The molecule has 0 saturated heterocycles. The lowest BCUT2D eigenvalue weighted by Gasteiger charge is -2.10. The minimum absolute atomic E-state index is 0.255. The highest BCUT2D eigenvalue weighted by molar-refractivity contribution is 7.90. The summed E-state index contributed by atoms with van der Waals surface area (Å²) in [4.78, 5) is 8.95. The van der Waals surface area contributed by atoms with Crippen LogP contribution in [0.2, 0.25) is 0 Å². The number of imidazole rings is 1. The van der Waals surface area contributed by atoms with E-state index in [0.29, 0.717) is 29.7 Å². The van der Waals surface area contributed by atoms with E-state index in [1.54, 1.807) is 48.8 Å². The van der Waals surface area contributed by atoms with E-state index in [1.807, 2.05) is 30.3 Å². The van der Waals surface area contributed by atoms with Crippen molar-refractivity contribution in [1.82, 2.24) is 13.9 Å². The number of aromatic nitrogens is 3. The first-order valence-corrected chi connectivity index (χ1v) is 9.76. The molecular weight excluding hydrogens is 346 g/mol. The van der Waals surface area contributed by atoms with Gasteiger partial charge in [-0.3, -0.25) is 4.98 Å². The topological polar surface area (TPSA) is 64.8 Å². The summed E-state index contributed by atoms with van der Waals surface area (Å²) in [5.74, 6) is 0.527. The highest BCUT2D eigenvalue weighted by Crippen LogP contribution is 2.24. The van der Waals surface area contributed by atoms with Gasteiger partial charge in [0.15, 0.2) is 0 Å². The molecule has 0 spiro atoms. The van der Waals surface area contributed by atoms with Gasteiger partial charge in [-0.25, -0.2) is 17.4 Å². The van der Waals surface area contributed by atoms with Gasteiger partial charge in [0.25, 0.3) is 10.0 Å². The molecule has 0 bridgehead atoms. The first-order valence-electron chi connectivity index (χ1n) is 8.32. The number of fused-ring (bicyclic) bond motifs is 1. The van der Waals surface area contributed by atoms with E-state index >= 15 is 0 Å². The lowest BCUT2D eigenvalue weighted by molar-refractivity contribution is 0.585. The quantitative estimate of drug-likeness (QED) is 0.545. The third-order valence-corrected chi connectivity index (χ3v) is 5.98. The number of rotatable bonds is 5. The van der Waals surface area contributed by atoms with Crippen molar-refractivity contribution in [3.63, 3.8) is 0 Å². The van der Waals surface area contributed by atoms with Gasteiger partial charge in [0.2, 0.25) is 0 Å². The second-order valence-electron chi connectivity index (χ2n) is 5.96. The third-order valence-electron chi connectivity index (χ3n) is 4.23. The van der Waals surface area contributed by atoms with Crippen LogP contribution in [0.15, 0.2) is 84.0 Å². The zero-order valence-electron chi connectivity index (χ0n) is 14.0. The Hall–Kier alpha value is -2.99. The molecule has 4 rings (SSSR count). The van der Waals surface area contributed by atoms with E-state index in [9.17, 15) is 8.42 Å². The second-order valence-corrected chi connectivity index (χ2v) is 7.75. The molecule has 0 aliphatic carbocycles. The Bertz CT molecular complexity index is 1140. The monoisotopic (exact) mass is 363 g/mol. The average molecular weight is 363 g/mol.